The molecule has 0 N–H and O–H groups in total. The van der Waals surface area contributed by atoms with Crippen LogP contribution in [0, 0.1) is 22.9 Å². The van der Waals surface area contributed by atoms with E-state index in [2.05, 4.69) is 4.98 Å². The second kappa shape index (κ2) is 6.48. The van der Waals surface area contributed by atoms with Crippen molar-refractivity contribution in [2.45, 2.75) is 13.5 Å². The first-order valence-corrected chi connectivity index (χ1v) is 6.65. The van der Waals surface area contributed by atoms with Crippen LogP contribution >= 0.6 is 11.6 Å². The number of aromatic nitrogens is 2. The Bertz CT molecular complexity index is 886. The van der Waals surface area contributed by atoms with E-state index in [0.717, 1.165) is 26.2 Å². The van der Waals surface area contributed by atoms with Gasteiger partial charge >= 0.3 is 12.2 Å². The van der Waals surface area contributed by atoms with Crippen molar-refractivity contribution >= 4 is 17.3 Å². The highest BCUT2D eigenvalue weighted by atomic mass is 35.5. The number of aryl methyl sites for hydroxylation is 1. The summed E-state index contributed by atoms with van der Waals surface area (Å²) in [4.78, 5) is 25.8. The molecule has 0 bridgehead atoms. The molecule has 7 nitrogen and oxygen atoms in total. The molecule has 1 heterocycles. The summed E-state index contributed by atoms with van der Waals surface area (Å²) in [5.41, 5.74) is -2.83. The highest BCUT2D eigenvalue weighted by molar-refractivity contribution is 6.32. The number of nitro benzene ring substituents is 1. The zero-order chi connectivity index (χ0) is 18.2. The number of alkyl halides is 2. The summed E-state index contributed by atoms with van der Waals surface area (Å²) >= 11 is 5.73. The van der Waals surface area contributed by atoms with Gasteiger partial charge in [-0.2, -0.15) is 8.78 Å². The monoisotopic (exact) mass is 363 g/mol. The Morgan fingerprint density at radius 2 is 2.04 bits per heavy atom. The summed E-state index contributed by atoms with van der Waals surface area (Å²) in [5.74, 6) is -1.79. The van der Waals surface area contributed by atoms with Crippen molar-refractivity contribution in [3.63, 3.8) is 0 Å². The van der Waals surface area contributed by atoms with Crippen LogP contribution in [-0.4, -0.2) is 21.6 Å². The molecule has 0 fully saturated rings. The largest absolute Gasteiger partial charge is 0.490 e. The lowest BCUT2D eigenvalue weighted by molar-refractivity contribution is -0.385. The van der Waals surface area contributed by atoms with Gasteiger partial charge in [0, 0.05) is 17.7 Å². The second-order valence-corrected chi connectivity index (χ2v) is 4.91. The molecule has 24 heavy (non-hydrogen) atoms. The van der Waals surface area contributed by atoms with Gasteiger partial charge in [-0.1, -0.05) is 11.6 Å². The number of halogens is 4. The Morgan fingerprint density at radius 1 is 1.42 bits per heavy atom. The molecule has 0 radical (unpaired) electrons. The van der Waals surface area contributed by atoms with E-state index in [4.69, 9.17) is 16.3 Å². The van der Waals surface area contributed by atoms with Gasteiger partial charge in [-0.3, -0.25) is 14.9 Å². The van der Waals surface area contributed by atoms with Gasteiger partial charge in [0.15, 0.2) is 5.75 Å². The van der Waals surface area contributed by atoms with E-state index in [-0.39, 0.29) is 10.3 Å². The molecule has 11 heteroatoms. The number of ether oxygens (including phenoxy) is 1. The Balaban J connectivity index is 2.80. The third-order valence-electron chi connectivity index (χ3n) is 3.15. The second-order valence-electron chi connectivity index (χ2n) is 4.54. The van der Waals surface area contributed by atoms with Crippen LogP contribution in [0.5, 0.6) is 5.75 Å². The van der Waals surface area contributed by atoms with Crippen LogP contribution < -0.4 is 10.3 Å². The van der Waals surface area contributed by atoms with E-state index in [1.165, 1.54) is 0 Å². The quantitative estimate of drug-likeness (QED) is 0.614. The molecule has 0 spiro atoms. The lowest BCUT2D eigenvalue weighted by atomic mass is 10.1. The van der Waals surface area contributed by atoms with Crippen molar-refractivity contribution in [3.05, 3.63) is 49.3 Å². The zero-order valence-corrected chi connectivity index (χ0v) is 13.0. The molecule has 2 rings (SSSR count). The van der Waals surface area contributed by atoms with Crippen LogP contribution in [0.1, 0.15) is 12.4 Å². The Labute approximate surface area is 137 Å². The first-order valence-electron chi connectivity index (χ1n) is 6.28. The molecule has 0 aliphatic carbocycles. The van der Waals surface area contributed by atoms with Gasteiger partial charge in [0.1, 0.15) is 16.7 Å². The Hall–Kier alpha value is -2.62. The minimum Gasteiger partial charge on any atom is -0.490 e. The van der Waals surface area contributed by atoms with Gasteiger partial charge in [0.25, 0.3) is 5.56 Å². The average molecular weight is 364 g/mol. The fraction of sp³-hybridized carbons (Fsp3) is 0.231. The van der Waals surface area contributed by atoms with Crippen molar-refractivity contribution in [1.82, 2.24) is 9.55 Å². The van der Waals surface area contributed by atoms with Crippen LogP contribution in [0.4, 0.5) is 18.9 Å². The summed E-state index contributed by atoms with van der Waals surface area (Å²) in [5, 5.41) is 10.2. The van der Waals surface area contributed by atoms with Crippen LogP contribution in [-0.2, 0) is 0 Å². The minimum absolute atomic E-state index is 0.0294. The normalized spacial score (nSPS) is 11.0. The maximum absolute atomic E-state index is 14.2. The topological polar surface area (TPSA) is 87.3 Å². The molecular weight excluding hydrogens is 355 g/mol. The molecule has 0 saturated heterocycles. The molecule has 0 unspecified atom stereocenters. The van der Waals surface area contributed by atoms with Crippen molar-refractivity contribution in [2.75, 3.05) is 7.11 Å². The van der Waals surface area contributed by atoms with Gasteiger partial charge in [-0.15, -0.1) is 0 Å². The molecule has 0 atom stereocenters. The predicted octanol–water partition coefficient (Wildman–Crippen LogP) is 3.32. The average Bonchev–Trinajstić information content (AvgIpc) is 2.50. The summed E-state index contributed by atoms with van der Waals surface area (Å²) in [6.45, 7) is -2.09. The van der Waals surface area contributed by atoms with Crippen LogP contribution in [0.15, 0.2) is 16.9 Å². The zero-order valence-electron chi connectivity index (χ0n) is 12.2. The maximum atomic E-state index is 14.2. The van der Waals surface area contributed by atoms with Gasteiger partial charge in [0.05, 0.1) is 17.7 Å². The first kappa shape index (κ1) is 17.7. The van der Waals surface area contributed by atoms with E-state index in [9.17, 15) is 28.1 Å². The molecule has 0 amide bonds. The number of nitro groups is 1. The molecule has 0 aliphatic heterocycles. The molecule has 0 aliphatic rings. The number of benzene rings is 1. The van der Waals surface area contributed by atoms with Gasteiger partial charge in [-0.05, 0) is 6.92 Å². The van der Waals surface area contributed by atoms with E-state index in [0.29, 0.717) is 0 Å². The van der Waals surface area contributed by atoms with E-state index >= 15 is 0 Å². The van der Waals surface area contributed by atoms with Crippen molar-refractivity contribution in [1.29, 1.82) is 0 Å². The Morgan fingerprint density at radius 3 is 2.54 bits per heavy atom. The van der Waals surface area contributed by atoms with Crippen molar-refractivity contribution in [3.8, 4) is 17.0 Å². The van der Waals surface area contributed by atoms with Crippen LogP contribution in [0.2, 0.25) is 5.02 Å². The molecular formula is C13H9ClF3N3O4. The van der Waals surface area contributed by atoms with Gasteiger partial charge in [0.2, 0.25) is 0 Å². The van der Waals surface area contributed by atoms with Crippen molar-refractivity contribution < 1.29 is 22.8 Å². The van der Waals surface area contributed by atoms with E-state index in [1.54, 1.807) is 0 Å². The standard InChI is InChI=1S/C13H9ClF3N3O4/c1-5-18-11(10(14)12(21)19(5)13(16)17)6-3-8(20(22)23)9(24-2)4-7(6)15/h3-4,13H,1-2H3. The molecule has 0 saturated carbocycles. The number of hydrogen-bond donors (Lipinski definition) is 0. The molecule has 2 aromatic rings. The highest BCUT2D eigenvalue weighted by Crippen LogP contribution is 2.36. The third-order valence-corrected chi connectivity index (χ3v) is 3.49. The predicted molar refractivity (Wildman–Crippen MR) is 78.1 cm³/mol. The number of nitrogens with zero attached hydrogens (tertiary/aromatic N) is 3. The third kappa shape index (κ3) is 2.92. The van der Waals surface area contributed by atoms with Crippen LogP contribution in [0.25, 0.3) is 11.3 Å². The highest BCUT2D eigenvalue weighted by Gasteiger charge is 2.25. The summed E-state index contributed by atoms with van der Waals surface area (Å²) < 4.78 is 44.6. The van der Waals surface area contributed by atoms with E-state index < -0.39 is 50.6 Å². The summed E-state index contributed by atoms with van der Waals surface area (Å²) in [6.07, 6.45) is 0. The fourth-order valence-corrected chi connectivity index (χ4v) is 2.29. The van der Waals surface area contributed by atoms with Crippen LogP contribution in [0.3, 0.4) is 0 Å². The lowest BCUT2D eigenvalue weighted by Crippen LogP contribution is -2.25. The number of hydrogen-bond acceptors (Lipinski definition) is 5. The molecule has 128 valence electrons. The van der Waals surface area contributed by atoms with Crippen molar-refractivity contribution in [2.24, 2.45) is 0 Å². The lowest BCUT2D eigenvalue weighted by Gasteiger charge is -2.12. The minimum atomic E-state index is -3.19. The number of methoxy groups -OCH3 is 1. The maximum Gasteiger partial charge on any atom is 0.322 e. The van der Waals surface area contributed by atoms with Gasteiger partial charge in [-0.25, -0.2) is 13.9 Å². The molecule has 1 aromatic carbocycles. The smallest absolute Gasteiger partial charge is 0.322 e. The summed E-state index contributed by atoms with van der Waals surface area (Å²) in [6, 6.07) is 1.49. The molecule has 1 aromatic heterocycles. The van der Waals surface area contributed by atoms with E-state index in [1.807, 2.05) is 0 Å². The number of rotatable bonds is 4. The first-order chi connectivity index (χ1) is 11.2. The SMILES string of the molecule is COc1cc(F)c(-c2nc(C)n(C(F)F)c(=O)c2Cl)cc1[N+](=O)[O-]. The summed E-state index contributed by atoms with van der Waals surface area (Å²) in [7, 11) is 1.11. The fourth-order valence-electron chi connectivity index (χ4n) is 2.06. The Kier molecular flexibility index (Phi) is 4.78. The van der Waals surface area contributed by atoms with Gasteiger partial charge < -0.3 is 4.74 Å².